The van der Waals surface area contributed by atoms with Gasteiger partial charge in [0.1, 0.15) is 6.54 Å². The van der Waals surface area contributed by atoms with E-state index in [9.17, 15) is 9.59 Å². The fourth-order valence-corrected chi connectivity index (χ4v) is 4.10. The number of hydrogen-bond donors (Lipinski definition) is 0. The van der Waals surface area contributed by atoms with Crippen molar-refractivity contribution in [3.63, 3.8) is 0 Å². The normalized spacial score (nSPS) is 13.2. The first kappa shape index (κ1) is 25.0. The summed E-state index contributed by atoms with van der Waals surface area (Å²) in [6.07, 6.45) is 10.00. The standard InChI is InChI=1S/C27H39N3O3/c1-4-5-6-7-9-22-11-13-23(14-12-22)27(32)29(18-19-33-3)21-26(31)30(24-15-16-24)20-25-10-8-17-28(25)2/h8,10-14,17,24H,4-7,9,15-16,18-21H2,1-3H3. The predicted octanol–water partition coefficient (Wildman–Crippen LogP) is 4.43. The van der Waals surface area contributed by atoms with Crippen LogP contribution < -0.4 is 0 Å². The number of carbonyl (C=O) groups is 2. The van der Waals surface area contributed by atoms with Gasteiger partial charge in [0.05, 0.1) is 13.2 Å². The SMILES string of the molecule is CCCCCCc1ccc(C(=O)N(CCOC)CC(=O)N(Cc2cccn2C)C2CC2)cc1. The fraction of sp³-hybridized carbons (Fsp3) is 0.556. The molecule has 2 aromatic rings. The fourth-order valence-electron chi connectivity index (χ4n) is 4.10. The van der Waals surface area contributed by atoms with Crippen molar-refractivity contribution in [1.82, 2.24) is 14.4 Å². The Kier molecular flexibility index (Phi) is 9.55. The van der Waals surface area contributed by atoms with Gasteiger partial charge in [0.2, 0.25) is 5.91 Å². The molecule has 1 aliphatic carbocycles. The number of rotatable bonds is 14. The molecule has 1 heterocycles. The third kappa shape index (κ3) is 7.46. The van der Waals surface area contributed by atoms with Crippen LogP contribution in [-0.2, 0) is 29.5 Å². The van der Waals surface area contributed by atoms with E-state index in [-0.39, 0.29) is 24.4 Å². The quantitative estimate of drug-likeness (QED) is 0.398. The van der Waals surface area contributed by atoms with Crippen LogP contribution >= 0.6 is 0 Å². The smallest absolute Gasteiger partial charge is 0.254 e. The second-order valence-electron chi connectivity index (χ2n) is 9.09. The van der Waals surface area contributed by atoms with Gasteiger partial charge in [0.25, 0.3) is 5.91 Å². The van der Waals surface area contributed by atoms with Crippen LogP contribution in [0.25, 0.3) is 0 Å². The van der Waals surface area contributed by atoms with E-state index in [1.165, 1.54) is 31.2 Å². The summed E-state index contributed by atoms with van der Waals surface area (Å²) in [7, 11) is 3.61. The van der Waals surface area contributed by atoms with Gasteiger partial charge < -0.3 is 19.1 Å². The maximum atomic E-state index is 13.3. The van der Waals surface area contributed by atoms with E-state index in [1.54, 1.807) is 12.0 Å². The third-order valence-corrected chi connectivity index (χ3v) is 6.39. The largest absolute Gasteiger partial charge is 0.383 e. The number of unbranched alkanes of at least 4 members (excludes halogenated alkanes) is 3. The molecule has 1 saturated carbocycles. The van der Waals surface area contributed by atoms with Crippen LogP contribution in [-0.4, -0.2) is 59.0 Å². The average molecular weight is 454 g/mol. The van der Waals surface area contributed by atoms with Gasteiger partial charge in [-0.05, 0) is 55.5 Å². The van der Waals surface area contributed by atoms with Crippen molar-refractivity contribution >= 4 is 11.8 Å². The molecule has 1 fully saturated rings. The molecule has 0 radical (unpaired) electrons. The van der Waals surface area contributed by atoms with E-state index in [0.29, 0.717) is 25.3 Å². The van der Waals surface area contributed by atoms with Crippen LogP contribution in [0.15, 0.2) is 42.6 Å². The molecule has 3 rings (SSSR count). The summed E-state index contributed by atoms with van der Waals surface area (Å²) in [6, 6.07) is 12.2. The van der Waals surface area contributed by atoms with E-state index in [2.05, 4.69) is 6.92 Å². The maximum Gasteiger partial charge on any atom is 0.254 e. The number of aryl methyl sites for hydroxylation is 2. The summed E-state index contributed by atoms with van der Waals surface area (Å²) < 4.78 is 7.26. The molecule has 0 N–H and O–H groups in total. The van der Waals surface area contributed by atoms with Crippen LogP contribution in [0.2, 0.25) is 0 Å². The Labute approximate surface area is 198 Å². The van der Waals surface area contributed by atoms with Gasteiger partial charge in [0.15, 0.2) is 0 Å². The van der Waals surface area contributed by atoms with Crippen molar-refractivity contribution in [3.8, 4) is 0 Å². The summed E-state index contributed by atoms with van der Waals surface area (Å²) in [5, 5.41) is 0. The predicted molar refractivity (Wildman–Crippen MR) is 131 cm³/mol. The second-order valence-corrected chi connectivity index (χ2v) is 9.09. The topological polar surface area (TPSA) is 54.8 Å². The van der Waals surface area contributed by atoms with Crippen LogP contribution in [0.5, 0.6) is 0 Å². The van der Waals surface area contributed by atoms with Gasteiger partial charge >= 0.3 is 0 Å². The van der Waals surface area contributed by atoms with E-state index in [1.807, 2.05) is 59.1 Å². The Bertz CT molecular complexity index is 886. The molecule has 0 bridgehead atoms. The van der Waals surface area contributed by atoms with Gasteiger partial charge in [-0.1, -0.05) is 38.3 Å². The zero-order valence-electron chi connectivity index (χ0n) is 20.5. The van der Waals surface area contributed by atoms with Crippen LogP contribution in [0.3, 0.4) is 0 Å². The molecule has 0 aliphatic heterocycles. The Morgan fingerprint density at radius 2 is 1.85 bits per heavy atom. The highest BCUT2D eigenvalue weighted by molar-refractivity contribution is 5.96. The van der Waals surface area contributed by atoms with E-state index in [0.717, 1.165) is 25.0 Å². The van der Waals surface area contributed by atoms with Crippen molar-refractivity contribution in [1.29, 1.82) is 0 Å². The molecule has 33 heavy (non-hydrogen) atoms. The minimum atomic E-state index is -0.118. The number of aromatic nitrogens is 1. The van der Waals surface area contributed by atoms with Gasteiger partial charge in [0, 0.05) is 44.2 Å². The van der Waals surface area contributed by atoms with Gasteiger partial charge in [-0.15, -0.1) is 0 Å². The molecule has 0 spiro atoms. The van der Waals surface area contributed by atoms with Gasteiger partial charge in [-0.3, -0.25) is 9.59 Å². The first-order valence-corrected chi connectivity index (χ1v) is 12.3. The highest BCUT2D eigenvalue weighted by Gasteiger charge is 2.34. The van der Waals surface area contributed by atoms with Crippen LogP contribution in [0, 0.1) is 0 Å². The molecular formula is C27H39N3O3. The lowest BCUT2D eigenvalue weighted by atomic mass is 10.0. The highest BCUT2D eigenvalue weighted by Crippen LogP contribution is 2.28. The number of methoxy groups -OCH3 is 1. The minimum absolute atomic E-state index is 0.00398. The molecule has 6 nitrogen and oxygen atoms in total. The van der Waals surface area contributed by atoms with E-state index in [4.69, 9.17) is 4.74 Å². The molecule has 180 valence electrons. The average Bonchev–Trinajstić information content (AvgIpc) is 3.59. The van der Waals surface area contributed by atoms with E-state index >= 15 is 0 Å². The zero-order chi connectivity index (χ0) is 23.6. The summed E-state index contributed by atoms with van der Waals surface area (Å²) in [5.74, 6) is -0.122. The molecule has 0 unspecified atom stereocenters. The molecule has 1 aliphatic rings. The number of amides is 2. The lowest BCUT2D eigenvalue weighted by Gasteiger charge is -2.28. The molecule has 6 heteroatoms. The van der Waals surface area contributed by atoms with Gasteiger partial charge in [-0.25, -0.2) is 0 Å². The number of nitrogens with zero attached hydrogens (tertiary/aromatic N) is 3. The summed E-state index contributed by atoms with van der Waals surface area (Å²) in [5.41, 5.74) is 2.97. The van der Waals surface area contributed by atoms with Crippen molar-refractivity contribution in [3.05, 3.63) is 59.4 Å². The number of ether oxygens (including phenoxy) is 1. The monoisotopic (exact) mass is 453 g/mol. The van der Waals surface area contributed by atoms with E-state index < -0.39 is 0 Å². The minimum Gasteiger partial charge on any atom is -0.383 e. The Balaban J connectivity index is 1.64. The molecule has 0 atom stereocenters. The van der Waals surface area contributed by atoms with Crippen LogP contribution in [0.1, 0.15) is 67.1 Å². The molecule has 0 saturated heterocycles. The Hall–Kier alpha value is -2.60. The van der Waals surface area contributed by atoms with Gasteiger partial charge in [-0.2, -0.15) is 0 Å². The highest BCUT2D eigenvalue weighted by atomic mass is 16.5. The lowest BCUT2D eigenvalue weighted by molar-refractivity contribution is -0.133. The maximum absolute atomic E-state index is 13.3. The Morgan fingerprint density at radius 3 is 2.45 bits per heavy atom. The van der Waals surface area contributed by atoms with Crippen LogP contribution in [0.4, 0.5) is 0 Å². The van der Waals surface area contributed by atoms with Crippen molar-refractivity contribution in [2.24, 2.45) is 7.05 Å². The summed E-state index contributed by atoms with van der Waals surface area (Å²) in [4.78, 5) is 30.1. The van der Waals surface area contributed by atoms with Crippen molar-refractivity contribution < 1.29 is 14.3 Å². The summed E-state index contributed by atoms with van der Waals surface area (Å²) in [6.45, 7) is 3.65. The van der Waals surface area contributed by atoms with Crippen molar-refractivity contribution in [2.45, 2.75) is 64.5 Å². The molecule has 1 aromatic carbocycles. The summed E-state index contributed by atoms with van der Waals surface area (Å²) >= 11 is 0. The zero-order valence-corrected chi connectivity index (χ0v) is 20.5. The molecule has 1 aromatic heterocycles. The first-order valence-electron chi connectivity index (χ1n) is 12.3. The number of carbonyl (C=O) groups excluding carboxylic acids is 2. The number of hydrogen-bond acceptors (Lipinski definition) is 3. The van der Waals surface area contributed by atoms with Crippen molar-refractivity contribution in [2.75, 3.05) is 26.8 Å². The molecule has 2 amide bonds. The molecular weight excluding hydrogens is 414 g/mol. The lowest BCUT2D eigenvalue weighted by Crippen LogP contribution is -2.44. The third-order valence-electron chi connectivity index (χ3n) is 6.39. The number of benzene rings is 1. The first-order chi connectivity index (χ1) is 16.0. The Morgan fingerprint density at radius 1 is 1.09 bits per heavy atom. The second kappa shape index (κ2) is 12.6.